The van der Waals surface area contributed by atoms with E-state index in [9.17, 15) is 0 Å². The number of allylic oxidation sites excluding steroid dienone is 4. The van der Waals surface area contributed by atoms with E-state index >= 15 is 0 Å². The summed E-state index contributed by atoms with van der Waals surface area (Å²) >= 11 is -0.192. The molecule has 1 unspecified atom stereocenters. The standard InChI is InChI=1S/C9H13.C2H5.Zr/c1-6-5-7(2)9(4)8(6)3;1-2;/h6H,1-4H3;1H2,2H3;. The summed E-state index contributed by atoms with van der Waals surface area (Å²) in [6, 6.07) is 0. The van der Waals surface area contributed by atoms with Crippen molar-refractivity contribution in [2.45, 2.75) is 38.7 Å². The first-order valence-corrected chi connectivity index (χ1v) is 7.68. The van der Waals surface area contributed by atoms with Crippen LogP contribution in [-0.2, 0) is 23.2 Å². The van der Waals surface area contributed by atoms with Crippen molar-refractivity contribution < 1.29 is 23.2 Å². The molecule has 1 atom stereocenters. The van der Waals surface area contributed by atoms with Crippen molar-refractivity contribution in [2.75, 3.05) is 0 Å². The van der Waals surface area contributed by atoms with Crippen molar-refractivity contribution in [3.05, 3.63) is 20.0 Å². The van der Waals surface area contributed by atoms with Crippen molar-refractivity contribution in [2.24, 2.45) is 5.92 Å². The predicted molar refractivity (Wildman–Crippen MR) is 50.7 cm³/mol. The van der Waals surface area contributed by atoms with Crippen LogP contribution in [0.15, 0.2) is 20.0 Å². The molecule has 0 N–H and O–H groups in total. The van der Waals surface area contributed by atoms with E-state index in [-0.39, 0.29) is 23.2 Å². The van der Waals surface area contributed by atoms with Crippen molar-refractivity contribution in [1.82, 2.24) is 0 Å². The summed E-state index contributed by atoms with van der Waals surface area (Å²) in [6.45, 7) is 11.6. The van der Waals surface area contributed by atoms with Gasteiger partial charge in [-0.3, -0.25) is 0 Å². The van der Waals surface area contributed by atoms with Crippen LogP contribution in [0.3, 0.4) is 0 Å². The van der Waals surface area contributed by atoms with Gasteiger partial charge in [-0.05, 0) is 0 Å². The second-order valence-electron chi connectivity index (χ2n) is 3.60. The second kappa shape index (κ2) is 4.05. The summed E-state index contributed by atoms with van der Waals surface area (Å²) < 4.78 is 3.29. The Morgan fingerprint density at radius 1 is 1.17 bits per heavy atom. The van der Waals surface area contributed by atoms with Crippen LogP contribution in [0.2, 0.25) is 4.13 Å². The van der Waals surface area contributed by atoms with Crippen LogP contribution < -0.4 is 0 Å². The maximum absolute atomic E-state index is 2.38. The van der Waals surface area contributed by atoms with E-state index in [0.717, 1.165) is 5.92 Å². The molecule has 0 spiro atoms. The molecule has 0 fully saturated rings. The molecule has 0 bridgehead atoms. The third-order valence-electron chi connectivity index (χ3n) is 3.01. The molecule has 0 saturated carbocycles. The van der Waals surface area contributed by atoms with Crippen LogP contribution in [0.1, 0.15) is 34.6 Å². The van der Waals surface area contributed by atoms with Crippen LogP contribution in [0.25, 0.3) is 0 Å². The van der Waals surface area contributed by atoms with Crippen LogP contribution in [0.4, 0.5) is 0 Å². The molecule has 0 aromatic carbocycles. The number of hydrogen-bond acceptors (Lipinski definition) is 0. The first-order valence-electron chi connectivity index (χ1n) is 4.72. The number of rotatable bonds is 2. The molecule has 12 heavy (non-hydrogen) atoms. The van der Waals surface area contributed by atoms with Crippen LogP contribution >= 0.6 is 0 Å². The first kappa shape index (κ1) is 10.4. The van der Waals surface area contributed by atoms with Gasteiger partial charge in [0.25, 0.3) is 0 Å². The zero-order valence-electron chi connectivity index (χ0n) is 8.78. The first-order chi connectivity index (χ1) is 5.59. The molecule has 0 nitrogen and oxygen atoms in total. The third-order valence-corrected chi connectivity index (χ3v) is 6.80. The normalized spacial score (nSPS) is 23.9. The zero-order chi connectivity index (χ0) is 9.30. The SMILES string of the molecule is C[CH2][Zr][C]1=C(C)C(C)=C(C)C1C. The van der Waals surface area contributed by atoms with Gasteiger partial charge >= 0.3 is 87.9 Å². The monoisotopic (exact) mass is 240 g/mol. The van der Waals surface area contributed by atoms with E-state index in [4.69, 9.17) is 0 Å². The van der Waals surface area contributed by atoms with Crippen LogP contribution in [0.5, 0.6) is 0 Å². The summed E-state index contributed by atoms with van der Waals surface area (Å²) in [4.78, 5) is 0. The van der Waals surface area contributed by atoms with E-state index in [1.54, 1.807) is 16.7 Å². The Morgan fingerprint density at radius 2 is 1.75 bits per heavy atom. The van der Waals surface area contributed by atoms with Gasteiger partial charge in [0.05, 0.1) is 0 Å². The Hall–Kier alpha value is 0.363. The summed E-state index contributed by atoms with van der Waals surface area (Å²) in [6.07, 6.45) is 0. The van der Waals surface area contributed by atoms with Crippen LogP contribution in [0, 0.1) is 5.92 Å². The van der Waals surface area contributed by atoms with Gasteiger partial charge in [0.15, 0.2) is 0 Å². The Labute approximate surface area is 87.7 Å². The Bertz CT molecular complexity index is 246. The molecular formula is C11H18Zr. The molecule has 66 valence electrons. The van der Waals surface area contributed by atoms with Gasteiger partial charge in [-0.25, -0.2) is 0 Å². The molecule has 1 aliphatic rings. The fraction of sp³-hybridized carbons (Fsp3) is 0.636. The van der Waals surface area contributed by atoms with Gasteiger partial charge in [-0.1, -0.05) is 0 Å². The van der Waals surface area contributed by atoms with E-state index in [0.29, 0.717) is 0 Å². The third kappa shape index (κ3) is 1.66. The van der Waals surface area contributed by atoms with Gasteiger partial charge in [0, 0.05) is 0 Å². The molecule has 0 aliphatic heterocycles. The summed E-state index contributed by atoms with van der Waals surface area (Å²) in [5, 5.41) is 0. The zero-order valence-corrected chi connectivity index (χ0v) is 11.2. The predicted octanol–water partition coefficient (Wildman–Crippen LogP) is 3.77. The minimum absolute atomic E-state index is 0.192. The topological polar surface area (TPSA) is 0 Å². The Morgan fingerprint density at radius 3 is 2.08 bits per heavy atom. The molecule has 0 amide bonds. The van der Waals surface area contributed by atoms with E-state index < -0.39 is 0 Å². The fourth-order valence-electron chi connectivity index (χ4n) is 1.84. The summed E-state index contributed by atoms with van der Waals surface area (Å²) in [7, 11) is 0. The van der Waals surface area contributed by atoms with Crippen molar-refractivity contribution in [3.63, 3.8) is 0 Å². The minimum atomic E-state index is -0.192. The molecule has 0 heterocycles. The maximum atomic E-state index is 2.38. The Kier molecular flexibility index (Phi) is 3.52. The van der Waals surface area contributed by atoms with Gasteiger partial charge in [-0.2, -0.15) is 0 Å². The molecular weight excluding hydrogens is 223 g/mol. The molecule has 0 saturated heterocycles. The molecule has 0 radical (unpaired) electrons. The quantitative estimate of drug-likeness (QED) is 0.690. The average molecular weight is 241 g/mol. The van der Waals surface area contributed by atoms with Gasteiger partial charge in [0.2, 0.25) is 0 Å². The van der Waals surface area contributed by atoms with Gasteiger partial charge in [-0.15, -0.1) is 0 Å². The second-order valence-corrected chi connectivity index (χ2v) is 7.53. The van der Waals surface area contributed by atoms with Gasteiger partial charge < -0.3 is 0 Å². The fourth-order valence-corrected chi connectivity index (χ4v) is 5.17. The van der Waals surface area contributed by atoms with Gasteiger partial charge in [0.1, 0.15) is 0 Å². The average Bonchev–Trinajstić information content (AvgIpc) is 2.23. The van der Waals surface area contributed by atoms with E-state index in [1.807, 2.05) is 3.28 Å². The van der Waals surface area contributed by atoms with Crippen LogP contribution in [-0.4, -0.2) is 0 Å². The molecule has 0 aromatic rings. The number of hydrogen-bond donors (Lipinski definition) is 0. The molecule has 1 rings (SSSR count). The molecule has 1 heteroatoms. The van der Waals surface area contributed by atoms with E-state index in [1.165, 1.54) is 4.13 Å². The molecule has 1 aliphatic carbocycles. The van der Waals surface area contributed by atoms with Crippen molar-refractivity contribution in [1.29, 1.82) is 0 Å². The summed E-state index contributed by atoms with van der Waals surface area (Å²) in [5.74, 6) is 0.788. The van der Waals surface area contributed by atoms with Crippen molar-refractivity contribution in [3.8, 4) is 0 Å². The Balaban J connectivity index is 2.92. The molecule has 0 aromatic heterocycles. The van der Waals surface area contributed by atoms with E-state index in [2.05, 4.69) is 34.6 Å². The van der Waals surface area contributed by atoms with Crippen molar-refractivity contribution >= 4 is 0 Å². The summed E-state index contributed by atoms with van der Waals surface area (Å²) in [5.41, 5.74) is 4.83.